The summed E-state index contributed by atoms with van der Waals surface area (Å²) in [6, 6.07) is 8.77. The highest BCUT2D eigenvalue weighted by Crippen LogP contribution is 2.12. The maximum atomic E-state index is 11.2. The molecule has 1 aromatic carbocycles. The van der Waals surface area contributed by atoms with Gasteiger partial charge in [0.1, 0.15) is 6.04 Å². The highest BCUT2D eigenvalue weighted by molar-refractivity contribution is 5.68. The van der Waals surface area contributed by atoms with Crippen LogP contribution in [0, 0.1) is 18.3 Å². The van der Waals surface area contributed by atoms with E-state index in [-0.39, 0.29) is 6.61 Å². The first-order valence-corrected chi connectivity index (χ1v) is 5.07. The van der Waals surface area contributed by atoms with Gasteiger partial charge in [-0.1, -0.05) is 29.8 Å². The Balaban J connectivity index is 2.72. The van der Waals surface area contributed by atoms with Crippen molar-refractivity contribution in [3.63, 3.8) is 0 Å². The van der Waals surface area contributed by atoms with Crippen LogP contribution >= 0.6 is 0 Å². The molecule has 0 aliphatic heterocycles. The molecule has 1 rings (SSSR count). The second-order valence-corrected chi connectivity index (χ2v) is 3.34. The van der Waals surface area contributed by atoms with E-state index in [0.717, 1.165) is 11.1 Å². The average Bonchev–Trinajstić information content (AvgIpc) is 2.27. The molecule has 0 saturated carbocycles. The molecule has 4 heteroatoms. The van der Waals surface area contributed by atoms with Crippen molar-refractivity contribution in [1.82, 2.24) is 5.32 Å². The molecule has 1 amide bonds. The van der Waals surface area contributed by atoms with E-state index >= 15 is 0 Å². The van der Waals surface area contributed by atoms with Gasteiger partial charge in [-0.2, -0.15) is 5.26 Å². The first-order chi connectivity index (χ1) is 7.67. The lowest BCUT2D eigenvalue weighted by molar-refractivity contribution is 0.150. The monoisotopic (exact) mass is 218 g/mol. The van der Waals surface area contributed by atoms with Crippen LogP contribution in [-0.4, -0.2) is 12.7 Å². The van der Waals surface area contributed by atoms with Crippen LogP contribution in [0.5, 0.6) is 0 Å². The number of rotatable bonds is 3. The molecular weight excluding hydrogens is 204 g/mol. The maximum absolute atomic E-state index is 11.2. The third-order valence-electron chi connectivity index (χ3n) is 2.08. The Morgan fingerprint density at radius 3 is 2.62 bits per heavy atom. The van der Waals surface area contributed by atoms with Gasteiger partial charge < -0.3 is 10.1 Å². The van der Waals surface area contributed by atoms with Crippen LogP contribution in [0.2, 0.25) is 0 Å². The van der Waals surface area contributed by atoms with E-state index in [1.54, 1.807) is 6.92 Å². The fourth-order valence-corrected chi connectivity index (χ4v) is 1.24. The number of hydrogen-bond acceptors (Lipinski definition) is 3. The van der Waals surface area contributed by atoms with Gasteiger partial charge in [-0.3, -0.25) is 0 Å². The summed E-state index contributed by atoms with van der Waals surface area (Å²) in [5, 5.41) is 11.4. The minimum absolute atomic E-state index is 0.290. The standard InChI is InChI=1S/C12H14N2O2/c1-3-16-12(15)14-11(8-13)10-6-4-9(2)5-7-10/h4-7,11H,3H2,1-2H3,(H,14,15). The van der Waals surface area contributed by atoms with E-state index in [2.05, 4.69) is 5.32 Å². The molecule has 0 aromatic heterocycles. The predicted molar refractivity (Wildman–Crippen MR) is 59.7 cm³/mol. The highest BCUT2D eigenvalue weighted by Gasteiger charge is 2.13. The minimum Gasteiger partial charge on any atom is -0.450 e. The summed E-state index contributed by atoms with van der Waals surface area (Å²) >= 11 is 0. The predicted octanol–water partition coefficient (Wildman–Crippen LogP) is 2.31. The zero-order valence-corrected chi connectivity index (χ0v) is 9.36. The summed E-state index contributed by atoms with van der Waals surface area (Å²) in [5.74, 6) is 0. The van der Waals surface area contributed by atoms with E-state index in [1.807, 2.05) is 37.3 Å². The Kier molecular flexibility index (Phi) is 4.34. The number of aryl methyl sites for hydroxylation is 1. The smallest absolute Gasteiger partial charge is 0.408 e. The normalized spacial score (nSPS) is 11.3. The number of carbonyl (C=O) groups excluding carboxylic acids is 1. The topological polar surface area (TPSA) is 62.1 Å². The van der Waals surface area contributed by atoms with Gasteiger partial charge in [0.2, 0.25) is 0 Å². The largest absolute Gasteiger partial charge is 0.450 e. The second-order valence-electron chi connectivity index (χ2n) is 3.34. The molecule has 84 valence electrons. The van der Waals surface area contributed by atoms with Crippen LogP contribution in [0.1, 0.15) is 24.1 Å². The molecule has 1 N–H and O–H groups in total. The van der Waals surface area contributed by atoms with Crippen LogP contribution in [0.25, 0.3) is 0 Å². The van der Waals surface area contributed by atoms with Crippen LogP contribution in [-0.2, 0) is 4.74 Å². The quantitative estimate of drug-likeness (QED) is 0.846. The summed E-state index contributed by atoms with van der Waals surface area (Å²) in [7, 11) is 0. The maximum Gasteiger partial charge on any atom is 0.408 e. The van der Waals surface area contributed by atoms with Crippen molar-refractivity contribution in [2.75, 3.05) is 6.61 Å². The van der Waals surface area contributed by atoms with Gasteiger partial charge in [0.15, 0.2) is 0 Å². The number of nitrogens with zero attached hydrogens (tertiary/aromatic N) is 1. The number of ether oxygens (including phenoxy) is 1. The van der Waals surface area contributed by atoms with E-state index in [9.17, 15) is 4.79 Å². The zero-order valence-electron chi connectivity index (χ0n) is 9.36. The molecule has 0 saturated heterocycles. The number of amides is 1. The van der Waals surface area contributed by atoms with E-state index < -0.39 is 12.1 Å². The van der Waals surface area contributed by atoms with Crippen molar-refractivity contribution in [2.45, 2.75) is 19.9 Å². The summed E-state index contributed by atoms with van der Waals surface area (Å²) in [6.45, 7) is 3.97. The van der Waals surface area contributed by atoms with Gasteiger partial charge in [-0.25, -0.2) is 4.79 Å². The summed E-state index contributed by atoms with van der Waals surface area (Å²) in [6.07, 6.45) is -0.574. The molecule has 1 aromatic rings. The Morgan fingerprint density at radius 1 is 1.50 bits per heavy atom. The highest BCUT2D eigenvalue weighted by atomic mass is 16.5. The van der Waals surface area contributed by atoms with Gasteiger partial charge in [-0.05, 0) is 19.4 Å². The van der Waals surface area contributed by atoms with E-state index in [0.29, 0.717) is 0 Å². The van der Waals surface area contributed by atoms with Crippen LogP contribution in [0.3, 0.4) is 0 Å². The van der Waals surface area contributed by atoms with E-state index in [4.69, 9.17) is 10.00 Å². The van der Waals surface area contributed by atoms with Crippen LogP contribution in [0.15, 0.2) is 24.3 Å². The number of alkyl carbamates (subject to hydrolysis) is 1. The fraction of sp³-hybridized carbons (Fsp3) is 0.333. The van der Waals surface area contributed by atoms with Crippen molar-refractivity contribution in [1.29, 1.82) is 5.26 Å². The van der Waals surface area contributed by atoms with Gasteiger partial charge in [0.05, 0.1) is 12.7 Å². The molecule has 0 heterocycles. The third kappa shape index (κ3) is 3.28. The first kappa shape index (κ1) is 12.1. The Morgan fingerprint density at radius 2 is 2.12 bits per heavy atom. The summed E-state index contributed by atoms with van der Waals surface area (Å²) in [4.78, 5) is 11.2. The molecule has 1 atom stereocenters. The first-order valence-electron chi connectivity index (χ1n) is 5.07. The van der Waals surface area contributed by atoms with Crippen LogP contribution < -0.4 is 5.32 Å². The minimum atomic E-state index is -0.667. The Labute approximate surface area is 94.8 Å². The van der Waals surface area contributed by atoms with Crippen molar-refractivity contribution in [2.24, 2.45) is 0 Å². The number of nitriles is 1. The summed E-state index contributed by atoms with van der Waals surface area (Å²) < 4.78 is 4.72. The molecule has 0 bridgehead atoms. The van der Waals surface area contributed by atoms with Crippen molar-refractivity contribution < 1.29 is 9.53 Å². The molecule has 0 aliphatic rings. The van der Waals surface area contributed by atoms with Crippen molar-refractivity contribution in [3.8, 4) is 6.07 Å². The van der Waals surface area contributed by atoms with Crippen LogP contribution in [0.4, 0.5) is 4.79 Å². The van der Waals surface area contributed by atoms with Crippen molar-refractivity contribution in [3.05, 3.63) is 35.4 Å². The second kappa shape index (κ2) is 5.76. The van der Waals surface area contributed by atoms with Gasteiger partial charge in [-0.15, -0.1) is 0 Å². The summed E-state index contributed by atoms with van der Waals surface area (Å²) in [5.41, 5.74) is 1.86. The number of nitrogens with one attached hydrogen (secondary N) is 1. The molecule has 0 spiro atoms. The molecule has 16 heavy (non-hydrogen) atoms. The number of carbonyl (C=O) groups is 1. The molecule has 0 aliphatic carbocycles. The molecule has 1 unspecified atom stereocenters. The molecule has 0 radical (unpaired) electrons. The Bertz CT molecular complexity index is 392. The fourth-order valence-electron chi connectivity index (χ4n) is 1.24. The molecule has 4 nitrogen and oxygen atoms in total. The number of hydrogen-bond donors (Lipinski definition) is 1. The lowest BCUT2D eigenvalue weighted by atomic mass is 10.1. The Hall–Kier alpha value is -2.02. The number of benzene rings is 1. The van der Waals surface area contributed by atoms with Gasteiger partial charge in [0.25, 0.3) is 0 Å². The SMILES string of the molecule is CCOC(=O)NC(C#N)c1ccc(C)cc1. The lowest BCUT2D eigenvalue weighted by Gasteiger charge is -2.11. The lowest BCUT2D eigenvalue weighted by Crippen LogP contribution is -2.28. The third-order valence-corrected chi connectivity index (χ3v) is 2.08. The van der Waals surface area contributed by atoms with Crippen molar-refractivity contribution >= 4 is 6.09 Å². The van der Waals surface area contributed by atoms with E-state index in [1.165, 1.54) is 0 Å². The zero-order chi connectivity index (χ0) is 12.0. The average molecular weight is 218 g/mol. The molecule has 0 fully saturated rings. The molecular formula is C12H14N2O2. The van der Waals surface area contributed by atoms with Gasteiger partial charge in [0, 0.05) is 0 Å². The van der Waals surface area contributed by atoms with Gasteiger partial charge >= 0.3 is 6.09 Å².